The number of fused-ring (bicyclic) bond motifs is 1. The molecule has 2 aromatic heterocycles. The quantitative estimate of drug-likeness (QED) is 0.665. The number of aromatic nitrogens is 3. The summed E-state index contributed by atoms with van der Waals surface area (Å²) in [6.45, 7) is 1.76. The maximum absolute atomic E-state index is 12.4. The fourth-order valence-corrected chi connectivity index (χ4v) is 1.95. The van der Waals surface area contributed by atoms with Crippen LogP contribution in [0.2, 0.25) is 0 Å². The third-order valence-corrected chi connectivity index (χ3v) is 2.92. The van der Waals surface area contributed by atoms with Crippen molar-refractivity contribution in [1.82, 2.24) is 14.6 Å². The second-order valence-electron chi connectivity index (χ2n) is 4.32. The van der Waals surface area contributed by atoms with E-state index < -0.39 is 0 Å². The Bertz CT molecular complexity index is 837. The zero-order valence-electron chi connectivity index (χ0n) is 10.9. The molecular formula is C15H12N4O. The molecule has 0 aliphatic rings. The van der Waals surface area contributed by atoms with Crippen LogP contribution in [-0.4, -0.2) is 20.9 Å². The summed E-state index contributed by atoms with van der Waals surface area (Å²) in [6, 6.07) is 10.9. The van der Waals surface area contributed by atoms with Gasteiger partial charge in [0, 0.05) is 18.0 Å². The van der Waals surface area contributed by atoms with Crippen molar-refractivity contribution in [2.75, 3.05) is 0 Å². The van der Waals surface area contributed by atoms with Crippen LogP contribution in [0.1, 0.15) is 11.4 Å². The minimum absolute atomic E-state index is 0.173. The molecular weight excluding hydrogens is 252 g/mol. The van der Waals surface area contributed by atoms with Gasteiger partial charge < -0.3 is 0 Å². The summed E-state index contributed by atoms with van der Waals surface area (Å²) in [7, 11) is 0. The fraction of sp³-hybridized carbons (Fsp3) is 0.0667. The highest BCUT2D eigenvalue weighted by Gasteiger charge is 2.05. The standard InChI is InChI=1S/C15H12N4O/c1-11-18-14-7-3-2-6-13(14)15(20)19(11)17-10-12-5-4-8-16-9-12/h2-10H,1H3/b17-10-. The van der Waals surface area contributed by atoms with Gasteiger partial charge in [0.05, 0.1) is 17.1 Å². The number of benzene rings is 1. The molecule has 0 radical (unpaired) electrons. The Hall–Kier alpha value is -2.82. The van der Waals surface area contributed by atoms with E-state index >= 15 is 0 Å². The van der Waals surface area contributed by atoms with Crippen molar-refractivity contribution in [1.29, 1.82) is 0 Å². The van der Waals surface area contributed by atoms with E-state index in [1.165, 1.54) is 4.68 Å². The molecule has 5 nitrogen and oxygen atoms in total. The zero-order chi connectivity index (χ0) is 13.9. The molecule has 0 unspecified atom stereocenters. The first kappa shape index (κ1) is 12.2. The van der Waals surface area contributed by atoms with Gasteiger partial charge in [-0.05, 0) is 25.1 Å². The van der Waals surface area contributed by atoms with Crippen LogP contribution in [-0.2, 0) is 0 Å². The van der Waals surface area contributed by atoms with Crippen LogP contribution in [0.25, 0.3) is 10.9 Å². The summed E-state index contributed by atoms with van der Waals surface area (Å²) in [5, 5.41) is 4.76. The maximum atomic E-state index is 12.4. The monoisotopic (exact) mass is 264 g/mol. The van der Waals surface area contributed by atoms with Gasteiger partial charge in [-0.2, -0.15) is 9.78 Å². The maximum Gasteiger partial charge on any atom is 0.282 e. The average Bonchev–Trinajstić information content (AvgIpc) is 2.48. The van der Waals surface area contributed by atoms with Crippen molar-refractivity contribution in [2.24, 2.45) is 5.10 Å². The molecule has 20 heavy (non-hydrogen) atoms. The van der Waals surface area contributed by atoms with Gasteiger partial charge in [0.15, 0.2) is 0 Å². The SMILES string of the molecule is Cc1nc2ccccc2c(=O)n1/N=C\c1cccnc1. The lowest BCUT2D eigenvalue weighted by Crippen LogP contribution is -2.20. The molecule has 2 heterocycles. The van der Waals surface area contributed by atoms with Crippen LogP contribution in [0.4, 0.5) is 0 Å². The molecule has 5 heteroatoms. The fourth-order valence-electron chi connectivity index (χ4n) is 1.95. The van der Waals surface area contributed by atoms with Gasteiger partial charge in [-0.15, -0.1) is 0 Å². The van der Waals surface area contributed by atoms with Gasteiger partial charge in [0.1, 0.15) is 5.82 Å². The van der Waals surface area contributed by atoms with Gasteiger partial charge in [0.2, 0.25) is 0 Å². The summed E-state index contributed by atoms with van der Waals surface area (Å²) in [4.78, 5) is 20.7. The lowest BCUT2D eigenvalue weighted by molar-refractivity contribution is 0.771. The first-order valence-electron chi connectivity index (χ1n) is 6.18. The van der Waals surface area contributed by atoms with E-state index in [-0.39, 0.29) is 5.56 Å². The average molecular weight is 264 g/mol. The number of para-hydroxylation sites is 1. The first-order chi connectivity index (χ1) is 9.75. The summed E-state index contributed by atoms with van der Waals surface area (Å²) in [6.07, 6.45) is 4.96. The summed E-state index contributed by atoms with van der Waals surface area (Å²) >= 11 is 0. The number of aryl methyl sites for hydroxylation is 1. The highest BCUT2D eigenvalue weighted by molar-refractivity contribution is 5.80. The molecule has 0 aliphatic carbocycles. The number of hydrogen-bond donors (Lipinski definition) is 0. The van der Waals surface area contributed by atoms with Crippen LogP contribution in [0, 0.1) is 6.92 Å². The number of hydrogen-bond acceptors (Lipinski definition) is 4. The highest BCUT2D eigenvalue weighted by atomic mass is 16.1. The van der Waals surface area contributed by atoms with Crippen LogP contribution < -0.4 is 5.56 Å². The van der Waals surface area contributed by atoms with Crippen LogP contribution >= 0.6 is 0 Å². The molecule has 3 rings (SSSR count). The Morgan fingerprint density at radius 2 is 2.05 bits per heavy atom. The van der Waals surface area contributed by atoms with E-state index in [2.05, 4.69) is 15.1 Å². The molecule has 0 aliphatic heterocycles. The lowest BCUT2D eigenvalue weighted by Gasteiger charge is -2.04. The second kappa shape index (κ2) is 5.05. The topological polar surface area (TPSA) is 60.1 Å². The Kier molecular flexibility index (Phi) is 3.09. The van der Waals surface area contributed by atoms with Crippen molar-refractivity contribution in [3.8, 4) is 0 Å². The van der Waals surface area contributed by atoms with Crippen molar-refractivity contribution in [3.05, 3.63) is 70.5 Å². The van der Waals surface area contributed by atoms with E-state index in [1.807, 2.05) is 30.3 Å². The molecule has 3 aromatic rings. The Labute approximate surface area is 115 Å². The molecule has 0 N–H and O–H groups in total. The van der Waals surface area contributed by atoms with Gasteiger partial charge in [-0.25, -0.2) is 4.98 Å². The molecule has 0 spiro atoms. The molecule has 98 valence electrons. The normalized spacial score (nSPS) is 11.2. The van der Waals surface area contributed by atoms with E-state index in [1.54, 1.807) is 31.6 Å². The summed E-state index contributed by atoms with van der Waals surface area (Å²) < 4.78 is 1.30. The second-order valence-corrected chi connectivity index (χ2v) is 4.32. The minimum Gasteiger partial charge on any atom is -0.267 e. The number of nitrogens with zero attached hydrogens (tertiary/aromatic N) is 4. The molecule has 0 saturated heterocycles. The smallest absolute Gasteiger partial charge is 0.267 e. The van der Waals surface area contributed by atoms with E-state index in [0.717, 1.165) is 5.56 Å². The Morgan fingerprint density at radius 1 is 1.20 bits per heavy atom. The van der Waals surface area contributed by atoms with Crippen molar-refractivity contribution in [3.63, 3.8) is 0 Å². The lowest BCUT2D eigenvalue weighted by atomic mass is 10.2. The third kappa shape index (κ3) is 2.21. The molecule has 0 saturated carbocycles. The van der Waals surface area contributed by atoms with Gasteiger partial charge >= 0.3 is 0 Å². The van der Waals surface area contributed by atoms with E-state index in [4.69, 9.17) is 0 Å². The predicted octanol–water partition coefficient (Wildman–Crippen LogP) is 1.98. The van der Waals surface area contributed by atoms with Gasteiger partial charge in [0.25, 0.3) is 5.56 Å². The predicted molar refractivity (Wildman–Crippen MR) is 78.0 cm³/mol. The van der Waals surface area contributed by atoms with Crippen LogP contribution in [0.3, 0.4) is 0 Å². The third-order valence-electron chi connectivity index (χ3n) is 2.92. The number of rotatable bonds is 2. The molecule has 0 atom stereocenters. The van der Waals surface area contributed by atoms with E-state index in [0.29, 0.717) is 16.7 Å². The van der Waals surface area contributed by atoms with Crippen molar-refractivity contribution in [2.45, 2.75) is 6.92 Å². The zero-order valence-corrected chi connectivity index (χ0v) is 10.9. The molecule has 0 amide bonds. The minimum atomic E-state index is -0.173. The first-order valence-corrected chi connectivity index (χ1v) is 6.18. The van der Waals surface area contributed by atoms with Gasteiger partial charge in [-0.1, -0.05) is 18.2 Å². The van der Waals surface area contributed by atoms with Crippen LogP contribution in [0.5, 0.6) is 0 Å². The Morgan fingerprint density at radius 3 is 2.85 bits per heavy atom. The number of pyridine rings is 1. The molecule has 1 aromatic carbocycles. The highest BCUT2D eigenvalue weighted by Crippen LogP contribution is 2.07. The van der Waals surface area contributed by atoms with E-state index in [9.17, 15) is 4.79 Å². The largest absolute Gasteiger partial charge is 0.282 e. The molecule has 0 bridgehead atoms. The Balaban J connectivity index is 2.13. The molecule has 0 fully saturated rings. The van der Waals surface area contributed by atoms with Crippen molar-refractivity contribution >= 4 is 17.1 Å². The van der Waals surface area contributed by atoms with Crippen LogP contribution in [0.15, 0.2) is 58.7 Å². The van der Waals surface area contributed by atoms with Gasteiger partial charge in [-0.3, -0.25) is 9.78 Å². The van der Waals surface area contributed by atoms with Crippen molar-refractivity contribution < 1.29 is 0 Å². The summed E-state index contributed by atoms with van der Waals surface area (Å²) in [5.41, 5.74) is 1.34. The summed E-state index contributed by atoms with van der Waals surface area (Å²) in [5.74, 6) is 0.550.